The first-order valence-corrected chi connectivity index (χ1v) is 9.22. The molecule has 26 heavy (non-hydrogen) atoms. The first-order valence-electron chi connectivity index (χ1n) is 8.40. The van der Waals surface area contributed by atoms with E-state index in [0.717, 1.165) is 21.8 Å². The Labute approximate surface area is 156 Å². The Balaban J connectivity index is 1.70. The summed E-state index contributed by atoms with van der Waals surface area (Å²) in [5.74, 6) is 0.280. The number of carbonyl (C=O) groups is 2. The minimum atomic E-state index is -0.431. The lowest BCUT2D eigenvalue weighted by molar-refractivity contribution is -0.117. The maximum Gasteiger partial charge on any atom is 0.341 e. The Morgan fingerprint density at radius 2 is 2.08 bits per heavy atom. The fourth-order valence-electron chi connectivity index (χ4n) is 2.95. The number of amides is 1. The minimum Gasteiger partial charge on any atom is -0.492 e. The van der Waals surface area contributed by atoms with Gasteiger partial charge in [0.1, 0.15) is 17.4 Å². The van der Waals surface area contributed by atoms with Crippen LogP contribution in [0.5, 0.6) is 5.75 Å². The quantitative estimate of drug-likeness (QED) is 0.834. The van der Waals surface area contributed by atoms with Gasteiger partial charge >= 0.3 is 5.97 Å². The number of benzene rings is 1. The number of aryl methyl sites for hydroxylation is 1. The van der Waals surface area contributed by atoms with Gasteiger partial charge in [-0.15, -0.1) is 11.3 Å². The Morgan fingerprint density at radius 1 is 1.31 bits per heavy atom. The third kappa shape index (κ3) is 3.89. The number of nitrogens with zero attached hydrogens (tertiary/aromatic N) is 1. The largest absolute Gasteiger partial charge is 0.492 e. The molecule has 1 aromatic heterocycles. The smallest absolute Gasteiger partial charge is 0.341 e. The van der Waals surface area contributed by atoms with Gasteiger partial charge in [0.2, 0.25) is 5.91 Å². The van der Waals surface area contributed by atoms with E-state index in [1.807, 2.05) is 43.0 Å². The second kappa shape index (κ2) is 7.88. The van der Waals surface area contributed by atoms with Gasteiger partial charge in [-0.3, -0.25) is 9.69 Å². The van der Waals surface area contributed by atoms with E-state index in [2.05, 4.69) is 5.32 Å². The fourth-order valence-corrected chi connectivity index (χ4v) is 4.01. The van der Waals surface area contributed by atoms with Gasteiger partial charge in [0, 0.05) is 23.5 Å². The molecule has 2 heterocycles. The number of thiophene rings is 1. The van der Waals surface area contributed by atoms with Crippen LogP contribution >= 0.6 is 11.3 Å². The summed E-state index contributed by atoms with van der Waals surface area (Å²) in [5.41, 5.74) is 2.35. The first-order chi connectivity index (χ1) is 12.5. The third-order valence-corrected chi connectivity index (χ3v) is 5.55. The molecule has 1 N–H and O–H groups in total. The van der Waals surface area contributed by atoms with Gasteiger partial charge in [0.25, 0.3) is 0 Å². The molecule has 1 aromatic carbocycles. The van der Waals surface area contributed by atoms with Gasteiger partial charge in [0.05, 0.1) is 19.2 Å². The van der Waals surface area contributed by atoms with Crippen LogP contribution in [0.25, 0.3) is 0 Å². The Hall–Kier alpha value is -2.38. The van der Waals surface area contributed by atoms with Crippen LogP contribution in [0.4, 0.5) is 5.00 Å². The summed E-state index contributed by atoms with van der Waals surface area (Å²) in [6.07, 6.45) is 0. The number of hydrogen-bond acceptors (Lipinski definition) is 6. The van der Waals surface area contributed by atoms with Crippen molar-refractivity contribution in [2.24, 2.45) is 0 Å². The molecule has 0 aliphatic carbocycles. The Morgan fingerprint density at radius 3 is 2.85 bits per heavy atom. The molecular weight excluding hydrogens is 352 g/mol. The predicted molar refractivity (Wildman–Crippen MR) is 101 cm³/mol. The number of rotatable bonds is 4. The minimum absolute atomic E-state index is 0.157. The van der Waals surface area contributed by atoms with Gasteiger partial charge in [-0.2, -0.15) is 0 Å². The van der Waals surface area contributed by atoms with E-state index in [1.54, 1.807) is 0 Å². The number of para-hydroxylation sites is 1. The number of anilines is 1. The van der Waals surface area contributed by atoms with Crippen molar-refractivity contribution in [3.05, 3.63) is 45.8 Å². The molecule has 1 amide bonds. The highest BCUT2D eigenvalue weighted by Crippen LogP contribution is 2.33. The van der Waals surface area contributed by atoms with Crippen LogP contribution in [0.1, 0.15) is 26.4 Å². The number of ether oxygens (including phenoxy) is 2. The van der Waals surface area contributed by atoms with Crippen LogP contribution < -0.4 is 10.1 Å². The van der Waals surface area contributed by atoms with E-state index in [-0.39, 0.29) is 12.5 Å². The molecule has 7 heteroatoms. The molecule has 1 aliphatic rings. The Bertz CT molecular complexity index is 831. The lowest BCUT2D eigenvalue weighted by Crippen LogP contribution is -2.34. The van der Waals surface area contributed by atoms with E-state index >= 15 is 0 Å². The average Bonchev–Trinajstić information content (AvgIpc) is 2.78. The lowest BCUT2D eigenvalue weighted by atomic mass is 10.1. The molecule has 0 atom stereocenters. The third-order valence-electron chi connectivity index (χ3n) is 4.43. The zero-order valence-corrected chi connectivity index (χ0v) is 15.9. The van der Waals surface area contributed by atoms with E-state index in [9.17, 15) is 9.59 Å². The van der Waals surface area contributed by atoms with Gasteiger partial charge in [0.15, 0.2) is 0 Å². The molecular formula is C19H22N2O4S. The molecule has 0 saturated carbocycles. The molecule has 138 valence electrons. The number of esters is 1. The SMILES string of the molecule is COC(=O)c1c(NC(=O)CN2CCOc3ccccc3C2)sc(C)c1C. The normalized spacial score (nSPS) is 14.1. The molecule has 2 aromatic rings. The molecule has 0 fully saturated rings. The van der Waals surface area contributed by atoms with E-state index < -0.39 is 5.97 Å². The second-order valence-corrected chi connectivity index (χ2v) is 7.42. The summed E-state index contributed by atoms with van der Waals surface area (Å²) in [5, 5.41) is 3.42. The number of carbonyl (C=O) groups excluding carboxylic acids is 2. The van der Waals surface area contributed by atoms with Crippen molar-refractivity contribution in [3.8, 4) is 5.75 Å². The maximum absolute atomic E-state index is 12.5. The van der Waals surface area contributed by atoms with Crippen molar-refractivity contribution < 1.29 is 19.1 Å². The number of methoxy groups -OCH3 is 1. The van der Waals surface area contributed by atoms with Crippen molar-refractivity contribution in [3.63, 3.8) is 0 Å². The molecule has 0 radical (unpaired) electrons. The molecule has 0 spiro atoms. The van der Waals surface area contributed by atoms with Crippen molar-refractivity contribution >= 4 is 28.2 Å². The molecule has 0 saturated heterocycles. The summed E-state index contributed by atoms with van der Waals surface area (Å²) in [6, 6.07) is 7.86. The highest BCUT2D eigenvalue weighted by molar-refractivity contribution is 7.16. The molecule has 0 bridgehead atoms. The second-order valence-electron chi connectivity index (χ2n) is 6.19. The lowest BCUT2D eigenvalue weighted by Gasteiger charge is -2.18. The van der Waals surface area contributed by atoms with Gasteiger partial charge in [-0.1, -0.05) is 18.2 Å². The van der Waals surface area contributed by atoms with Gasteiger partial charge < -0.3 is 14.8 Å². The summed E-state index contributed by atoms with van der Waals surface area (Å²) in [4.78, 5) is 27.6. The van der Waals surface area contributed by atoms with Crippen LogP contribution in [0.3, 0.4) is 0 Å². The van der Waals surface area contributed by atoms with Crippen LogP contribution in [0.15, 0.2) is 24.3 Å². The summed E-state index contributed by atoms with van der Waals surface area (Å²) >= 11 is 1.39. The molecule has 6 nitrogen and oxygen atoms in total. The summed E-state index contributed by atoms with van der Waals surface area (Å²) in [7, 11) is 1.34. The Kier molecular flexibility index (Phi) is 5.58. The number of nitrogens with one attached hydrogen (secondary N) is 1. The fraction of sp³-hybridized carbons (Fsp3) is 0.368. The highest BCUT2D eigenvalue weighted by Gasteiger charge is 2.23. The highest BCUT2D eigenvalue weighted by atomic mass is 32.1. The standard InChI is InChI=1S/C19H22N2O4S/c1-12-13(2)26-18(17(12)19(23)24-3)20-16(22)11-21-8-9-25-15-7-5-4-6-14(15)10-21/h4-7H,8-11H2,1-3H3,(H,20,22). The zero-order valence-electron chi connectivity index (χ0n) is 15.1. The van der Waals surface area contributed by atoms with E-state index in [1.165, 1.54) is 18.4 Å². The summed E-state index contributed by atoms with van der Waals surface area (Å²) < 4.78 is 10.6. The molecule has 1 aliphatic heterocycles. The maximum atomic E-state index is 12.5. The van der Waals surface area contributed by atoms with E-state index in [0.29, 0.717) is 30.3 Å². The van der Waals surface area contributed by atoms with Crippen molar-refractivity contribution in [1.29, 1.82) is 0 Å². The topological polar surface area (TPSA) is 67.9 Å². The van der Waals surface area contributed by atoms with Crippen molar-refractivity contribution in [2.45, 2.75) is 20.4 Å². The molecule has 3 rings (SSSR count). The predicted octanol–water partition coefficient (Wildman–Crippen LogP) is 2.98. The molecule has 0 unspecified atom stereocenters. The number of hydrogen-bond donors (Lipinski definition) is 1. The van der Waals surface area contributed by atoms with Crippen LogP contribution in [0.2, 0.25) is 0 Å². The zero-order chi connectivity index (χ0) is 18.7. The van der Waals surface area contributed by atoms with Crippen LogP contribution in [-0.4, -0.2) is 43.6 Å². The van der Waals surface area contributed by atoms with Crippen molar-refractivity contribution in [1.82, 2.24) is 4.90 Å². The van der Waals surface area contributed by atoms with E-state index in [4.69, 9.17) is 9.47 Å². The summed E-state index contributed by atoms with van der Waals surface area (Å²) in [6.45, 7) is 5.86. The van der Waals surface area contributed by atoms with Crippen LogP contribution in [-0.2, 0) is 16.1 Å². The van der Waals surface area contributed by atoms with Gasteiger partial charge in [-0.25, -0.2) is 4.79 Å². The average molecular weight is 374 g/mol. The monoisotopic (exact) mass is 374 g/mol. The van der Waals surface area contributed by atoms with Crippen molar-refractivity contribution in [2.75, 3.05) is 32.1 Å². The number of fused-ring (bicyclic) bond motifs is 1. The van der Waals surface area contributed by atoms with Gasteiger partial charge in [-0.05, 0) is 25.5 Å². The first kappa shape index (κ1) is 18.4. The van der Waals surface area contributed by atoms with Crippen LogP contribution in [0, 0.1) is 13.8 Å².